The van der Waals surface area contributed by atoms with Gasteiger partial charge >= 0.3 is 0 Å². The first-order valence-corrected chi connectivity index (χ1v) is 9.44. The van der Waals surface area contributed by atoms with Crippen molar-refractivity contribution in [3.8, 4) is 0 Å². The molecule has 3 heterocycles. The summed E-state index contributed by atoms with van der Waals surface area (Å²) < 4.78 is 25.7. The van der Waals surface area contributed by atoms with Gasteiger partial charge in [-0.15, -0.1) is 0 Å². The van der Waals surface area contributed by atoms with Crippen molar-refractivity contribution in [3.05, 3.63) is 17.1 Å². The topological polar surface area (TPSA) is 87.2 Å². The normalized spacial score (nSPS) is 22.5. The number of nitrogens with zero attached hydrogens (tertiary/aromatic N) is 3. The lowest BCUT2D eigenvalue weighted by Gasteiger charge is -2.29. The van der Waals surface area contributed by atoms with E-state index in [1.54, 1.807) is 6.92 Å². The third kappa shape index (κ3) is 2.82. The second-order valence-electron chi connectivity index (χ2n) is 5.74. The Kier molecular flexibility index (Phi) is 4.33. The van der Waals surface area contributed by atoms with Crippen LogP contribution < -0.4 is 10.6 Å². The standard InChI is InChI=1S/C14H23N5O2S/c1-3-22(20,21)19-8-6-11-10(9-19)13(15-2)18-14(17-11)12-5-4-7-16-12/h12,16H,3-9H2,1-2H3,(H,15,17,18)/t12-/m0/s1. The van der Waals surface area contributed by atoms with Crippen LogP contribution in [0, 0.1) is 0 Å². The minimum absolute atomic E-state index is 0.127. The summed E-state index contributed by atoms with van der Waals surface area (Å²) in [6.45, 7) is 3.54. The smallest absolute Gasteiger partial charge is 0.214 e. The zero-order valence-electron chi connectivity index (χ0n) is 13.1. The fourth-order valence-corrected chi connectivity index (χ4v) is 4.16. The van der Waals surface area contributed by atoms with Crippen LogP contribution in [0.25, 0.3) is 0 Å². The first kappa shape index (κ1) is 15.6. The van der Waals surface area contributed by atoms with Gasteiger partial charge in [0.2, 0.25) is 10.0 Å². The molecule has 1 atom stereocenters. The Hall–Kier alpha value is -1.25. The van der Waals surface area contributed by atoms with E-state index in [0.717, 1.165) is 42.3 Å². The van der Waals surface area contributed by atoms with E-state index in [2.05, 4.69) is 15.6 Å². The Morgan fingerprint density at radius 3 is 2.86 bits per heavy atom. The zero-order valence-corrected chi connectivity index (χ0v) is 13.9. The van der Waals surface area contributed by atoms with Crippen molar-refractivity contribution < 1.29 is 8.42 Å². The average Bonchev–Trinajstić information content (AvgIpc) is 3.07. The van der Waals surface area contributed by atoms with Gasteiger partial charge in [0.25, 0.3) is 0 Å². The van der Waals surface area contributed by atoms with Crippen LogP contribution in [0.1, 0.15) is 42.9 Å². The molecule has 122 valence electrons. The van der Waals surface area contributed by atoms with E-state index in [-0.39, 0.29) is 11.8 Å². The van der Waals surface area contributed by atoms with Crippen molar-refractivity contribution in [1.29, 1.82) is 0 Å². The van der Waals surface area contributed by atoms with Gasteiger partial charge in [-0.05, 0) is 26.3 Å². The summed E-state index contributed by atoms with van der Waals surface area (Å²) in [7, 11) is -1.36. The molecule has 1 saturated heterocycles. The molecule has 0 unspecified atom stereocenters. The van der Waals surface area contributed by atoms with Gasteiger partial charge in [-0.3, -0.25) is 0 Å². The van der Waals surface area contributed by atoms with E-state index in [4.69, 9.17) is 4.98 Å². The third-order valence-corrected chi connectivity index (χ3v) is 6.24. The predicted octanol–water partition coefficient (Wildman–Crippen LogP) is 0.651. The monoisotopic (exact) mass is 325 g/mol. The van der Waals surface area contributed by atoms with Crippen molar-refractivity contribution >= 4 is 15.8 Å². The van der Waals surface area contributed by atoms with Gasteiger partial charge in [0.15, 0.2) is 0 Å². The van der Waals surface area contributed by atoms with Crippen LogP contribution in [0.4, 0.5) is 5.82 Å². The van der Waals surface area contributed by atoms with E-state index in [1.807, 2.05) is 7.05 Å². The first-order chi connectivity index (χ1) is 10.5. The van der Waals surface area contributed by atoms with Crippen molar-refractivity contribution in [2.24, 2.45) is 0 Å². The lowest BCUT2D eigenvalue weighted by Crippen LogP contribution is -2.38. The molecular formula is C14H23N5O2S. The molecule has 0 spiro atoms. The van der Waals surface area contributed by atoms with E-state index < -0.39 is 10.0 Å². The summed E-state index contributed by atoms with van der Waals surface area (Å²) in [6.07, 6.45) is 2.84. The molecule has 22 heavy (non-hydrogen) atoms. The molecule has 1 aromatic heterocycles. The molecule has 1 aromatic rings. The van der Waals surface area contributed by atoms with Crippen molar-refractivity contribution in [1.82, 2.24) is 19.6 Å². The lowest BCUT2D eigenvalue weighted by atomic mass is 10.1. The van der Waals surface area contributed by atoms with Gasteiger partial charge in [0, 0.05) is 32.1 Å². The SMILES string of the molecule is CCS(=O)(=O)N1CCc2nc([C@@H]3CCCN3)nc(NC)c2C1. The number of anilines is 1. The maximum atomic E-state index is 12.1. The molecule has 3 rings (SSSR count). The molecule has 0 saturated carbocycles. The van der Waals surface area contributed by atoms with Gasteiger partial charge in [-0.1, -0.05) is 0 Å². The van der Waals surface area contributed by atoms with Crippen LogP contribution in [0.15, 0.2) is 0 Å². The van der Waals surface area contributed by atoms with Gasteiger partial charge in [0.05, 0.1) is 17.5 Å². The Balaban J connectivity index is 1.94. The van der Waals surface area contributed by atoms with Crippen molar-refractivity contribution in [2.45, 2.75) is 38.8 Å². The molecule has 8 heteroatoms. The second-order valence-corrected chi connectivity index (χ2v) is 8.00. The van der Waals surface area contributed by atoms with Gasteiger partial charge in [-0.2, -0.15) is 4.31 Å². The van der Waals surface area contributed by atoms with E-state index >= 15 is 0 Å². The fourth-order valence-electron chi connectivity index (χ4n) is 3.10. The summed E-state index contributed by atoms with van der Waals surface area (Å²) in [5.74, 6) is 1.71. The zero-order chi connectivity index (χ0) is 15.7. The van der Waals surface area contributed by atoms with Crippen molar-refractivity contribution in [2.75, 3.05) is 31.2 Å². The van der Waals surface area contributed by atoms with Crippen LogP contribution in [0.2, 0.25) is 0 Å². The molecule has 0 aromatic carbocycles. The highest BCUT2D eigenvalue weighted by Crippen LogP contribution is 2.28. The molecule has 7 nitrogen and oxygen atoms in total. The highest BCUT2D eigenvalue weighted by atomic mass is 32.2. The highest BCUT2D eigenvalue weighted by Gasteiger charge is 2.30. The Morgan fingerprint density at radius 1 is 1.41 bits per heavy atom. The van der Waals surface area contributed by atoms with Crippen LogP contribution >= 0.6 is 0 Å². The summed E-state index contributed by atoms with van der Waals surface area (Å²) in [4.78, 5) is 9.33. The molecule has 0 amide bonds. The summed E-state index contributed by atoms with van der Waals surface area (Å²) in [5, 5.41) is 6.52. The van der Waals surface area contributed by atoms with E-state index in [9.17, 15) is 8.42 Å². The molecular weight excluding hydrogens is 302 g/mol. The van der Waals surface area contributed by atoms with Gasteiger partial charge in [0.1, 0.15) is 11.6 Å². The predicted molar refractivity (Wildman–Crippen MR) is 85.1 cm³/mol. The Morgan fingerprint density at radius 2 is 2.23 bits per heavy atom. The van der Waals surface area contributed by atoms with E-state index in [1.165, 1.54) is 4.31 Å². The molecule has 1 fully saturated rings. The number of hydrogen-bond acceptors (Lipinski definition) is 6. The lowest BCUT2D eigenvalue weighted by molar-refractivity contribution is 0.387. The van der Waals surface area contributed by atoms with Crippen LogP contribution in [-0.2, 0) is 23.0 Å². The maximum Gasteiger partial charge on any atom is 0.214 e. The molecule has 0 bridgehead atoms. The minimum Gasteiger partial charge on any atom is -0.373 e. The first-order valence-electron chi connectivity index (χ1n) is 7.83. The number of hydrogen-bond donors (Lipinski definition) is 2. The summed E-state index contributed by atoms with van der Waals surface area (Å²) >= 11 is 0. The quantitative estimate of drug-likeness (QED) is 0.845. The maximum absolute atomic E-state index is 12.1. The number of fused-ring (bicyclic) bond motifs is 1. The van der Waals surface area contributed by atoms with Gasteiger partial charge in [-0.25, -0.2) is 18.4 Å². The molecule has 0 radical (unpaired) electrons. The van der Waals surface area contributed by atoms with Crippen LogP contribution in [0.3, 0.4) is 0 Å². The summed E-state index contributed by atoms with van der Waals surface area (Å²) in [6, 6.07) is 0.217. The molecule has 2 aliphatic heterocycles. The largest absolute Gasteiger partial charge is 0.373 e. The number of rotatable bonds is 4. The summed E-state index contributed by atoms with van der Waals surface area (Å²) in [5.41, 5.74) is 1.89. The molecule has 0 aliphatic carbocycles. The molecule has 2 N–H and O–H groups in total. The van der Waals surface area contributed by atoms with Crippen molar-refractivity contribution in [3.63, 3.8) is 0 Å². The highest BCUT2D eigenvalue weighted by molar-refractivity contribution is 7.89. The van der Waals surface area contributed by atoms with E-state index in [0.29, 0.717) is 19.5 Å². The Bertz CT molecular complexity index is 638. The average molecular weight is 325 g/mol. The number of nitrogens with one attached hydrogen (secondary N) is 2. The number of aromatic nitrogens is 2. The second kappa shape index (κ2) is 6.10. The number of sulfonamides is 1. The minimum atomic E-state index is -3.18. The molecule has 2 aliphatic rings. The Labute approximate surface area is 131 Å². The van der Waals surface area contributed by atoms with Crippen LogP contribution in [0.5, 0.6) is 0 Å². The fraction of sp³-hybridized carbons (Fsp3) is 0.714. The third-order valence-electron chi connectivity index (χ3n) is 4.41. The van der Waals surface area contributed by atoms with Crippen LogP contribution in [-0.4, -0.2) is 48.6 Å². The van der Waals surface area contributed by atoms with Gasteiger partial charge < -0.3 is 10.6 Å².